The fourth-order valence-electron chi connectivity index (χ4n) is 1.48. The summed E-state index contributed by atoms with van der Waals surface area (Å²) < 4.78 is 25.7. The molecule has 0 aliphatic rings. The van der Waals surface area contributed by atoms with E-state index in [0.29, 0.717) is 5.56 Å². The quantitative estimate of drug-likeness (QED) is 0.824. The van der Waals surface area contributed by atoms with Crippen molar-refractivity contribution in [2.45, 2.75) is 6.61 Å². The predicted molar refractivity (Wildman–Crippen MR) is 57.7 cm³/mol. The van der Waals surface area contributed by atoms with E-state index >= 15 is 0 Å². The molecule has 0 unspecified atom stereocenters. The maximum atomic E-state index is 13.0. The molecule has 0 aliphatic carbocycles. The van der Waals surface area contributed by atoms with Gasteiger partial charge in [0.2, 0.25) is 0 Å². The third kappa shape index (κ3) is 2.09. The average Bonchev–Trinajstić information content (AvgIpc) is 2.33. The molecular formula is C13H10F2O. The molecule has 0 bridgehead atoms. The van der Waals surface area contributed by atoms with Crippen molar-refractivity contribution in [1.29, 1.82) is 0 Å². The fraction of sp³-hybridized carbons (Fsp3) is 0.0769. The van der Waals surface area contributed by atoms with Crippen LogP contribution in [0.2, 0.25) is 0 Å². The van der Waals surface area contributed by atoms with Crippen molar-refractivity contribution in [3.05, 3.63) is 59.7 Å². The zero-order chi connectivity index (χ0) is 11.5. The first-order valence-electron chi connectivity index (χ1n) is 4.86. The van der Waals surface area contributed by atoms with Gasteiger partial charge in [0.05, 0.1) is 6.61 Å². The predicted octanol–water partition coefficient (Wildman–Crippen LogP) is 3.12. The minimum Gasteiger partial charge on any atom is -0.392 e. The maximum Gasteiger partial charge on any atom is 0.159 e. The topological polar surface area (TPSA) is 20.2 Å². The molecule has 16 heavy (non-hydrogen) atoms. The molecule has 82 valence electrons. The molecule has 2 aromatic rings. The van der Waals surface area contributed by atoms with Crippen molar-refractivity contribution in [2.24, 2.45) is 0 Å². The standard InChI is InChI=1S/C13H10F2O/c14-12-6-5-11(7-13(12)15)10-3-1-9(8-16)2-4-10/h1-7,16H,8H2. The molecule has 1 nitrogen and oxygen atoms in total. The Hall–Kier alpha value is -1.74. The Morgan fingerprint density at radius 1 is 0.812 bits per heavy atom. The van der Waals surface area contributed by atoms with Gasteiger partial charge in [-0.15, -0.1) is 0 Å². The molecule has 2 rings (SSSR count). The van der Waals surface area contributed by atoms with Gasteiger partial charge in [0.1, 0.15) is 0 Å². The summed E-state index contributed by atoms with van der Waals surface area (Å²) in [6, 6.07) is 10.8. The Morgan fingerprint density at radius 2 is 1.44 bits per heavy atom. The minimum absolute atomic E-state index is 0.0297. The zero-order valence-electron chi connectivity index (χ0n) is 8.45. The normalized spacial score (nSPS) is 10.4. The van der Waals surface area contributed by atoms with Crippen LogP contribution in [0.3, 0.4) is 0 Å². The van der Waals surface area contributed by atoms with Gasteiger partial charge in [-0.1, -0.05) is 30.3 Å². The molecule has 3 heteroatoms. The van der Waals surface area contributed by atoms with Crippen LogP contribution in [-0.4, -0.2) is 5.11 Å². The van der Waals surface area contributed by atoms with E-state index in [-0.39, 0.29) is 6.61 Å². The van der Waals surface area contributed by atoms with Crippen LogP contribution < -0.4 is 0 Å². The number of rotatable bonds is 2. The van der Waals surface area contributed by atoms with Crippen molar-refractivity contribution in [3.63, 3.8) is 0 Å². The van der Waals surface area contributed by atoms with E-state index in [1.165, 1.54) is 6.07 Å². The molecule has 0 amide bonds. The first-order chi connectivity index (χ1) is 7.70. The number of hydrogen-bond acceptors (Lipinski definition) is 1. The second-order valence-corrected chi connectivity index (χ2v) is 3.48. The number of hydrogen-bond donors (Lipinski definition) is 1. The molecule has 0 saturated heterocycles. The van der Waals surface area contributed by atoms with Crippen LogP contribution in [0.1, 0.15) is 5.56 Å². The van der Waals surface area contributed by atoms with E-state index < -0.39 is 11.6 Å². The molecule has 0 heterocycles. The zero-order valence-corrected chi connectivity index (χ0v) is 8.45. The van der Waals surface area contributed by atoms with Crippen molar-refractivity contribution in [3.8, 4) is 11.1 Å². The summed E-state index contributed by atoms with van der Waals surface area (Å²) in [5.74, 6) is -1.71. The van der Waals surface area contributed by atoms with E-state index in [1.54, 1.807) is 24.3 Å². The Labute approximate surface area is 92.0 Å². The molecule has 0 aliphatic heterocycles. The summed E-state index contributed by atoms with van der Waals surface area (Å²) in [5, 5.41) is 8.87. The Balaban J connectivity index is 2.38. The van der Waals surface area contributed by atoms with Gasteiger partial charge >= 0.3 is 0 Å². The van der Waals surface area contributed by atoms with E-state index in [1.807, 2.05) is 0 Å². The summed E-state index contributed by atoms with van der Waals surface area (Å²) in [5.41, 5.74) is 2.19. The third-order valence-corrected chi connectivity index (χ3v) is 2.39. The van der Waals surface area contributed by atoms with Crippen LogP contribution in [0.25, 0.3) is 11.1 Å². The lowest BCUT2D eigenvalue weighted by Crippen LogP contribution is -1.86. The fourth-order valence-corrected chi connectivity index (χ4v) is 1.48. The highest BCUT2D eigenvalue weighted by atomic mass is 19.2. The minimum atomic E-state index is -0.858. The van der Waals surface area contributed by atoms with Crippen LogP contribution in [0.4, 0.5) is 8.78 Å². The molecule has 2 aromatic carbocycles. The number of halogens is 2. The summed E-state index contributed by atoms with van der Waals surface area (Å²) in [7, 11) is 0. The van der Waals surface area contributed by atoms with Crippen LogP contribution >= 0.6 is 0 Å². The lowest BCUT2D eigenvalue weighted by molar-refractivity contribution is 0.282. The van der Waals surface area contributed by atoms with Gasteiger partial charge in [-0.2, -0.15) is 0 Å². The molecule has 0 spiro atoms. The van der Waals surface area contributed by atoms with Gasteiger partial charge in [-0.25, -0.2) is 8.78 Å². The highest BCUT2D eigenvalue weighted by Crippen LogP contribution is 2.21. The largest absolute Gasteiger partial charge is 0.392 e. The summed E-state index contributed by atoms with van der Waals surface area (Å²) in [6.45, 7) is -0.0297. The summed E-state index contributed by atoms with van der Waals surface area (Å²) in [6.07, 6.45) is 0. The first kappa shape index (κ1) is 10.8. The second-order valence-electron chi connectivity index (χ2n) is 3.48. The van der Waals surface area contributed by atoms with Crippen molar-refractivity contribution >= 4 is 0 Å². The van der Waals surface area contributed by atoms with Crippen LogP contribution in [-0.2, 0) is 6.61 Å². The van der Waals surface area contributed by atoms with Crippen LogP contribution in [0, 0.1) is 11.6 Å². The van der Waals surface area contributed by atoms with E-state index in [4.69, 9.17) is 5.11 Å². The molecule has 0 radical (unpaired) electrons. The number of benzene rings is 2. The SMILES string of the molecule is OCc1ccc(-c2ccc(F)c(F)c2)cc1. The van der Waals surface area contributed by atoms with Gasteiger partial charge in [-0.05, 0) is 28.8 Å². The van der Waals surface area contributed by atoms with Gasteiger partial charge in [0, 0.05) is 0 Å². The van der Waals surface area contributed by atoms with Gasteiger partial charge in [0.15, 0.2) is 11.6 Å². The highest BCUT2D eigenvalue weighted by Gasteiger charge is 2.04. The van der Waals surface area contributed by atoms with Crippen LogP contribution in [0.15, 0.2) is 42.5 Å². The van der Waals surface area contributed by atoms with Crippen molar-refractivity contribution in [2.75, 3.05) is 0 Å². The second kappa shape index (κ2) is 4.41. The van der Waals surface area contributed by atoms with Gasteiger partial charge < -0.3 is 5.11 Å². The number of aliphatic hydroxyl groups is 1. The van der Waals surface area contributed by atoms with Crippen LogP contribution in [0.5, 0.6) is 0 Å². The first-order valence-corrected chi connectivity index (χ1v) is 4.86. The van der Waals surface area contributed by atoms with E-state index in [9.17, 15) is 8.78 Å². The number of aliphatic hydroxyl groups excluding tert-OH is 1. The molecule has 1 N–H and O–H groups in total. The monoisotopic (exact) mass is 220 g/mol. The maximum absolute atomic E-state index is 13.0. The lowest BCUT2D eigenvalue weighted by Gasteiger charge is -2.03. The third-order valence-electron chi connectivity index (χ3n) is 2.39. The van der Waals surface area contributed by atoms with Gasteiger partial charge in [-0.3, -0.25) is 0 Å². The van der Waals surface area contributed by atoms with Crippen molar-refractivity contribution < 1.29 is 13.9 Å². The lowest BCUT2D eigenvalue weighted by atomic mass is 10.0. The molecular weight excluding hydrogens is 210 g/mol. The van der Waals surface area contributed by atoms with E-state index in [0.717, 1.165) is 23.3 Å². The summed E-state index contributed by atoms with van der Waals surface area (Å²) in [4.78, 5) is 0. The highest BCUT2D eigenvalue weighted by molar-refractivity contribution is 5.63. The summed E-state index contributed by atoms with van der Waals surface area (Å²) >= 11 is 0. The molecule has 0 atom stereocenters. The average molecular weight is 220 g/mol. The molecule has 0 aromatic heterocycles. The van der Waals surface area contributed by atoms with E-state index in [2.05, 4.69) is 0 Å². The van der Waals surface area contributed by atoms with Gasteiger partial charge in [0.25, 0.3) is 0 Å². The molecule has 0 saturated carbocycles. The Morgan fingerprint density at radius 3 is 2.00 bits per heavy atom. The Bertz CT molecular complexity index is 492. The van der Waals surface area contributed by atoms with Crippen molar-refractivity contribution in [1.82, 2.24) is 0 Å². The smallest absolute Gasteiger partial charge is 0.159 e. The Kier molecular flexibility index (Phi) is 2.97. The molecule has 0 fully saturated rings.